The molecule has 0 aliphatic carbocycles. The molecule has 1 aromatic carbocycles. The van der Waals surface area contributed by atoms with Gasteiger partial charge in [0.2, 0.25) is 0 Å². The number of hydrogen-bond donors (Lipinski definition) is 1. The van der Waals surface area contributed by atoms with E-state index in [1.807, 2.05) is 24.5 Å². The normalized spacial score (nSPS) is 15.3. The number of pyridine rings is 1. The lowest BCUT2D eigenvalue weighted by Gasteiger charge is -2.32. The van der Waals surface area contributed by atoms with Crippen LogP contribution in [0.4, 0.5) is 0 Å². The van der Waals surface area contributed by atoms with Gasteiger partial charge in [-0.25, -0.2) is 4.79 Å². The van der Waals surface area contributed by atoms with Crippen molar-refractivity contribution >= 4 is 28.2 Å². The van der Waals surface area contributed by atoms with Gasteiger partial charge in [-0.1, -0.05) is 6.07 Å². The van der Waals surface area contributed by atoms with E-state index in [0.717, 1.165) is 78.8 Å². The van der Waals surface area contributed by atoms with Gasteiger partial charge in [-0.3, -0.25) is 4.98 Å². The van der Waals surface area contributed by atoms with Crippen LogP contribution in [0, 0.1) is 0 Å². The van der Waals surface area contributed by atoms with E-state index < -0.39 is 5.97 Å². The molecule has 0 saturated carbocycles. The molecule has 0 amide bonds. The first-order valence-corrected chi connectivity index (χ1v) is 12.3. The molecule has 5 rings (SSSR count). The Balaban J connectivity index is 1.48. The van der Waals surface area contributed by atoms with Gasteiger partial charge in [-0.05, 0) is 60.6 Å². The number of nitrogens with zero attached hydrogens (tertiary/aromatic N) is 4. The molecule has 1 aliphatic rings. The van der Waals surface area contributed by atoms with Crippen LogP contribution in [-0.2, 0) is 6.54 Å². The number of fused-ring (bicyclic) bond motifs is 1. The van der Waals surface area contributed by atoms with Crippen molar-refractivity contribution in [3.05, 3.63) is 65.2 Å². The van der Waals surface area contributed by atoms with Crippen LogP contribution in [-0.4, -0.2) is 70.2 Å². The number of carbonyl (C=O) groups is 1. The van der Waals surface area contributed by atoms with Crippen LogP contribution in [0.1, 0.15) is 16.8 Å². The zero-order valence-corrected chi connectivity index (χ0v) is 19.6. The highest BCUT2D eigenvalue weighted by molar-refractivity contribution is 7.08. The second-order valence-electron chi connectivity index (χ2n) is 8.71. The quantitative estimate of drug-likeness (QED) is 0.431. The summed E-state index contributed by atoms with van der Waals surface area (Å²) in [6.45, 7) is 6.36. The summed E-state index contributed by atoms with van der Waals surface area (Å²) in [6, 6.07) is 9.75. The number of hydrogen-bond acceptors (Lipinski definition) is 5. The lowest BCUT2D eigenvalue weighted by atomic mass is 10.00. The lowest BCUT2D eigenvalue weighted by Crippen LogP contribution is -2.44. The van der Waals surface area contributed by atoms with Gasteiger partial charge in [0.1, 0.15) is 0 Å². The number of aromatic carboxylic acids is 1. The highest BCUT2D eigenvalue weighted by atomic mass is 32.1. The Morgan fingerprint density at radius 2 is 1.88 bits per heavy atom. The number of piperazine rings is 1. The average Bonchev–Trinajstić information content (AvgIpc) is 3.49. The smallest absolute Gasteiger partial charge is 0.336 e. The fraction of sp³-hybridized carbons (Fsp3) is 0.308. The van der Waals surface area contributed by atoms with Crippen molar-refractivity contribution in [1.29, 1.82) is 0 Å². The molecule has 6 nitrogen and oxygen atoms in total. The van der Waals surface area contributed by atoms with Gasteiger partial charge in [0.25, 0.3) is 0 Å². The maximum atomic E-state index is 12.1. The molecular weight excluding hydrogens is 432 g/mol. The van der Waals surface area contributed by atoms with Crippen LogP contribution >= 0.6 is 11.3 Å². The van der Waals surface area contributed by atoms with Crippen molar-refractivity contribution in [2.45, 2.75) is 13.0 Å². The van der Waals surface area contributed by atoms with E-state index in [2.05, 4.69) is 55.5 Å². The predicted octanol–water partition coefficient (Wildman–Crippen LogP) is 4.77. The monoisotopic (exact) mass is 460 g/mol. The molecule has 4 aromatic rings. The second-order valence-corrected chi connectivity index (χ2v) is 9.49. The molecule has 4 heterocycles. The Hall–Kier alpha value is -3.00. The van der Waals surface area contributed by atoms with Crippen molar-refractivity contribution in [3.8, 4) is 22.3 Å². The number of carboxylic acid groups (broad SMARTS) is 1. The summed E-state index contributed by atoms with van der Waals surface area (Å²) in [6.07, 6.45) is 6.82. The Bertz CT molecular complexity index is 1260. The molecule has 0 unspecified atom stereocenters. The fourth-order valence-electron chi connectivity index (χ4n) is 4.64. The van der Waals surface area contributed by atoms with E-state index in [1.165, 1.54) is 0 Å². The van der Waals surface area contributed by atoms with Gasteiger partial charge >= 0.3 is 5.97 Å². The van der Waals surface area contributed by atoms with Crippen LogP contribution < -0.4 is 0 Å². The van der Waals surface area contributed by atoms with Gasteiger partial charge in [0, 0.05) is 78.9 Å². The first-order chi connectivity index (χ1) is 16.1. The minimum atomic E-state index is -0.904. The molecule has 1 N–H and O–H groups in total. The van der Waals surface area contributed by atoms with Crippen LogP contribution in [0.2, 0.25) is 0 Å². The fourth-order valence-corrected chi connectivity index (χ4v) is 5.31. The van der Waals surface area contributed by atoms with Crippen LogP contribution in [0.25, 0.3) is 33.2 Å². The third-order valence-corrected chi connectivity index (χ3v) is 7.19. The van der Waals surface area contributed by atoms with E-state index in [1.54, 1.807) is 17.4 Å². The van der Waals surface area contributed by atoms with Crippen molar-refractivity contribution in [2.75, 3.05) is 39.8 Å². The molecule has 0 atom stereocenters. The summed E-state index contributed by atoms with van der Waals surface area (Å²) in [5, 5.41) is 14.8. The molecule has 7 heteroatoms. The summed E-state index contributed by atoms with van der Waals surface area (Å²) in [7, 11) is 2.17. The summed E-state index contributed by atoms with van der Waals surface area (Å²) in [5.41, 5.74) is 5.33. The van der Waals surface area contributed by atoms with E-state index in [-0.39, 0.29) is 0 Å². The van der Waals surface area contributed by atoms with Gasteiger partial charge in [-0.2, -0.15) is 11.3 Å². The molecule has 0 bridgehead atoms. The van der Waals surface area contributed by atoms with E-state index >= 15 is 0 Å². The van der Waals surface area contributed by atoms with Crippen molar-refractivity contribution in [1.82, 2.24) is 19.4 Å². The zero-order chi connectivity index (χ0) is 22.8. The average molecular weight is 461 g/mol. The number of aromatic nitrogens is 2. The minimum absolute atomic E-state index is 0.334. The number of likely N-dealkylation sites (N-methyl/N-ethyl adjacent to an activating group) is 1. The largest absolute Gasteiger partial charge is 0.478 e. The Morgan fingerprint density at radius 1 is 1.06 bits per heavy atom. The first kappa shape index (κ1) is 21.8. The highest BCUT2D eigenvalue weighted by Crippen LogP contribution is 2.35. The maximum Gasteiger partial charge on any atom is 0.336 e. The SMILES string of the molecule is CN1CCN(CCCn2cc(-c3cncc(-c4ccsc4)c3)c3c(C(=O)O)cccc32)CC1. The molecule has 33 heavy (non-hydrogen) atoms. The number of aryl methyl sites for hydroxylation is 1. The second kappa shape index (κ2) is 9.47. The molecular formula is C26H28N4O2S. The molecule has 0 spiro atoms. The lowest BCUT2D eigenvalue weighted by molar-refractivity contribution is 0.0699. The maximum absolute atomic E-state index is 12.1. The summed E-state index contributed by atoms with van der Waals surface area (Å²) in [5.74, 6) is -0.904. The Labute approximate surface area is 197 Å². The van der Waals surface area contributed by atoms with Crippen LogP contribution in [0.3, 0.4) is 0 Å². The van der Waals surface area contributed by atoms with E-state index in [9.17, 15) is 9.90 Å². The third kappa shape index (κ3) is 4.57. The van der Waals surface area contributed by atoms with Crippen LogP contribution in [0.5, 0.6) is 0 Å². The molecule has 0 radical (unpaired) electrons. The van der Waals surface area contributed by atoms with Crippen molar-refractivity contribution in [3.63, 3.8) is 0 Å². The van der Waals surface area contributed by atoms with E-state index in [0.29, 0.717) is 5.56 Å². The molecule has 170 valence electrons. The van der Waals surface area contributed by atoms with Crippen LogP contribution in [0.15, 0.2) is 59.7 Å². The summed E-state index contributed by atoms with van der Waals surface area (Å²) in [4.78, 5) is 21.4. The Kier molecular flexibility index (Phi) is 6.26. The van der Waals surface area contributed by atoms with Crippen molar-refractivity contribution < 1.29 is 9.90 Å². The standard InChI is InChI=1S/C26H28N4O2S/c1-28-9-11-29(12-10-28)7-3-8-30-17-23(25-22(26(31)32)4-2-5-24(25)30)21-14-20(15-27-16-21)19-6-13-33-18-19/h2,4-6,13-18H,3,7-12H2,1H3,(H,31,32). The van der Waals surface area contributed by atoms with Crippen molar-refractivity contribution in [2.24, 2.45) is 0 Å². The summed E-state index contributed by atoms with van der Waals surface area (Å²) < 4.78 is 2.21. The summed E-state index contributed by atoms with van der Waals surface area (Å²) >= 11 is 1.65. The molecule has 1 saturated heterocycles. The number of rotatable bonds is 7. The predicted molar refractivity (Wildman–Crippen MR) is 134 cm³/mol. The van der Waals surface area contributed by atoms with Gasteiger partial charge < -0.3 is 19.5 Å². The third-order valence-electron chi connectivity index (χ3n) is 6.51. The van der Waals surface area contributed by atoms with Gasteiger partial charge in [0.05, 0.1) is 5.56 Å². The Morgan fingerprint density at radius 3 is 2.64 bits per heavy atom. The minimum Gasteiger partial charge on any atom is -0.478 e. The number of benzene rings is 1. The number of thiophene rings is 1. The van der Waals surface area contributed by atoms with Gasteiger partial charge in [-0.15, -0.1) is 0 Å². The topological polar surface area (TPSA) is 61.6 Å². The first-order valence-electron chi connectivity index (χ1n) is 11.3. The molecule has 1 fully saturated rings. The zero-order valence-electron chi connectivity index (χ0n) is 18.8. The van der Waals surface area contributed by atoms with Gasteiger partial charge in [0.15, 0.2) is 0 Å². The molecule has 3 aromatic heterocycles. The molecule has 1 aliphatic heterocycles. The highest BCUT2D eigenvalue weighted by Gasteiger charge is 2.19. The number of carboxylic acids is 1. The van der Waals surface area contributed by atoms with E-state index in [4.69, 9.17) is 0 Å².